The van der Waals surface area contributed by atoms with Gasteiger partial charge in [-0.3, -0.25) is 4.79 Å². The lowest BCUT2D eigenvalue weighted by molar-refractivity contribution is 0.0390. The Balaban J connectivity index is 1.88. The van der Waals surface area contributed by atoms with Crippen LogP contribution in [0.2, 0.25) is 0 Å². The van der Waals surface area contributed by atoms with E-state index in [-0.39, 0.29) is 11.5 Å². The summed E-state index contributed by atoms with van der Waals surface area (Å²) >= 11 is 0. The summed E-state index contributed by atoms with van der Waals surface area (Å²) < 4.78 is 0. The van der Waals surface area contributed by atoms with E-state index >= 15 is 0 Å². The van der Waals surface area contributed by atoms with E-state index in [2.05, 4.69) is 0 Å². The fourth-order valence-electron chi connectivity index (χ4n) is 4.07. The van der Waals surface area contributed by atoms with Crippen molar-refractivity contribution >= 4 is 11.9 Å². The monoisotopic (exact) mass is 301 g/mol. The molecule has 1 aliphatic carbocycles. The van der Waals surface area contributed by atoms with Gasteiger partial charge in [-0.25, -0.2) is 4.79 Å². The van der Waals surface area contributed by atoms with Crippen LogP contribution in [-0.2, 0) is 0 Å². The molecule has 4 heteroatoms. The molecular formula is C18H23NO3. The van der Waals surface area contributed by atoms with E-state index in [1.165, 1.54) is 31.7 Å². The van der Waals surface area contributed by atoms with E-state index < -0.39 is 5.97 Å². The van der Waals surface area contributed by atoms with Crippen molar-refractivity contribution < 1.29 is 14.7 Å². The van der Waals surface area contributed by atoms with Crippen molar-refractivity contribution in [1.82, 2.24) is 4.90 Å². The van der Waals surface area contributed by atoms with Crippen LogP contribution in [0.3, 0.4) is 0 Å². The van der Waals surface area contributed by atoms with Crippen LogP contribution in [0.1, 0.15) is 64.8 Å². The number of carbonyl (C=O) groups is 2. The van der Waals surface area contributed by atoms with Crippen LogP contribution in [0.25, 0.3) is 0 Å². The minimum Gasteiger partial charge on any atom is -0.478 e. The average Bonchev–Trinajstić information content (AvgIpc) is 2.53. The lowest BCUT2D eigenvalue weighted by atomic mass is 9.78. The molecule has 1 heterocycles. The first-order valence-corrected chi connectivity index (χ1v) is 8.22. The van der Waals surface area contributed by atoms with Crippen LogP contribution in [-0.4, -0.2) is 34.5 Å². The molecule has 1 aromatic rings. The van der Waals surface area contributed by atoms with Gasteiger partial charge in [0.05, 0.1) is 5.56 Å². The number of carboxylic acids is 1. The molecule has 0 spiro atoms. The largest absolute Gasteiger partial charge is 0.478 e. The Morgan fingerprint density at radius 3 is 2.50 bits per heavy atom. The number of likely N-dealkylation sites (tertiary alicyclic amines) is 1. The number of rotatable bonds is 2. The fraction of sp³-hybridized carbons (Fsp3) is 0.556. The Morgan fingerprint density at radius 2 is 1.73 bits per heavy atom. The molecule has 1 N–H and O–H groups in total. The number of hydrogen-bond acceptors (Lipinski definition) is 2. The predicted molar refractivity (Wildman–Crippen MR) is 84.2 cm³/mol. The highest BCUT2D eigenvalue weighted by atomic mass is 16.4. The van der Waals surface area contributed by atoms with Crippen molar-refractivity contribution in [3.8, 4) is 0 Å². The van der Waals surface area contributed by atoms with Gasteiger partial charge in [-0.1, -0.05) is 12.8 Å². The highest BCUT2D eigenvalue weighted by Gasteiger charge is 2.36. The van der Waals surface area contributed by atoms with Gasteiger partial charge < -0.3 is 10.0 Å². The molecule has 1 aromatic carbocycles. The zero-order valence-corrected chi connectivity index (χ0v) is 13.0. The van der Waals surface area contributed by atoms with E-state index in [1.54, 1.807) is 12.1 Å². The molecular weight excluding hydrogens is 278 g/mol. The molecule has 1 saturated carbocycles. The molecule has 22 heavy (non-hydrogen) atoms. The van der Waals surface area contributed by atoms with E-state index in [0.717, 1.165) is 24.9 Å². The zero-order chi connectivity index (χ0) is 15.7. The molecule has 2 atom stereocenters. The number of carbonyl (C=O) groups excluding carboxylic acids is 1. The minimum absolute atomic E-state index is 0.00259. The summed E-state index contributed by atoms with van der Waals surface area (Å²) in [6.45, 7) is 2.64. The summed E-state index contributed by atoms with van der Waals surface area (Å²) in [5.74, 6) is -0.343. The second kappa shape index (κ2) is 6.11. The van der Waals surface area contributed by atoms with Gasteiger partial charge in [0, 0.05) is 18.2 Å². The van der Waals surface area contributed by atoms with Gasteiger partial charge in [0.1, 0.15) is 0 Å². The number of fused-ring (bicyclic) bond motifs is 1. The molecule has 118 valence electrons. The van der Waals surface area contributed by atoms with Crippen LogP contribution in [0.5, 0.6) is 0 Å². The summed E-state index contributed by atoms with van der Waals surface area (Å²) in [6.07, 6.45) is 7.07. The Hall–Kier alpha value is -1.84. The van der Waals surface area contributed by atoms with E-state index in [4.69, 9.17) is 0 Å². The molecule has 0 bridgehead atoms. The molecule has 2 fully saturated rings. The van der Waals surface area contributed by atoms with E-state index in [9.17, 15) is 14.7 Å². The normalized spacial score (nSPS) is 24.7. The fourth-order valence-corrected chi connectivity index (χ4v) is 4.07. The van der Waals surface area contributed by atoms with E-state index in [1.807, 2.05) is 11.8 Å². The van der Waals surface area contributed by atoms with Crippen LogP contribution in [0, 0.1) is 12.8 Å². The maximum atomic E-state index is 12.9. The maximum absolute atomic E-state index is 12.9. The second-order valence-electron chi connectivity index (χ2n) is 6.65. The molecule has 0 unspecified atom stereocenters. The lowest BCUT2D eigenvalue weighted by Crippen LogP contribution is -2.49. The van der Waals surface area contributed by atoms with Crippen LogP contribution < -0.4 is 0 Å². The van der Waals surface area contributed by atoms with Crippen molar-refractivity contribution in [2.75, 3.05) is 6.54 Å². The van der Waals surface area contributed by atoms with Gasteiger partial charge in [-0.15, -0.1) is 0 Å². The number of carboxylic acid groups (broad SMARTS) is 1. The zero-order valence-electron chi connectivity index (χ0n) is 13.0. The molecule has 2 aliphatic rings. The first kappa shape index (κ1) is 15.1. The van der Waals surface area contributed by atoms with E-state index in [0.29, 0.717) is 17.5 Å². The summed E-state index contributed by atoms with van der Waals surface area (Å²) in [5, 5.41) is 9.19. The molecule has 3 rings (SSSR count). The number of benzene rings is 1. The molecule has 4 nitrogen and oxygen atoms in total. The molecule has 1 aliphatic heterocycles. The van der Waals surface area contributed by atoms with Gasteiger partial charge in [-0.2, -0.15) is 0 Å². The van der Waals surface area contributed by atoms with Crippen LogP contribution in [0.15, 0.2) is 18.2 Å². The molecule has 0 aromatic heterocycles. The highest BCUT2D eigenvalue weighted by molar-refractivity contribution is 5.98. The van der Waals surface area contributed by atoms with Gasteiger partial charge in [-0.05, 0) is 62.3 Å². The third-order valence-corrected chi connectivity index (χ3v) is 5.08. The topological polar surface area (TPSA) is 57.6 Å². The number of hydrogen-bond donors (Lipinski definition) is 1. The number of aryl methyl sites for hydroxylation is 1. The summed E-state index contributed by atoms with van der Waals surface area (Å²) in [7, 11) is 0. The molecule has 0 radical (unpaired) electrons. The Morgan fingerprint density at radius 1 is 1.05 bits per heavy atom. The summed E-state index contributed by atoms with van der Waals surface area (Å²) in [4.78, 5) is 26.1. The van der Waals surface area contributed by atoms with Crippen molar-refractivity contribution in [2.45, 2.75) is 51.5 Å². The number of piperidine rings is 1. The van der Waals surface area contributed by atoms with Crippen molar-refractivity contribution in [2.24, 2.45) is 5.92 Å². The molecule has 1 amide bonds. The van der Waals surface area contributed by atoms with Crippen LogP contribution in [0.4, 0.5) is 0 Å². The third-order valence-electron chi connectivity index (χ3n) is 5.08. The lowest BCUT2D eigenvalue weighted by Gasteiger charge is -2.44. The van der Waals surface area contributed by atoms with Gasteiger partial charge in [0.25, 0.3) is 5.91 Å². The van der Waals surface area contributed by atoms with Crippen LogP contribution >= 0.6 is 0 Å². The minimum atomic E-state index is -0.980. The first-order valence-electron chi connectivity index (χ1n) is 8.22. The third kappa shape index (κ3) is 2.87. The van der Waals surface area contributed by atoms with Gasteiger partial charge in [0.15, 0.2) is 0 Å². The Labute approximate surface area is 131 Å². The average molecular weight is 301 g/mol. The van der Waals surface area contributed by atoms with Gasteiger partial charge >= 0.3 is 5.97 Å². The van der Waals surface area contributed by atoms with Gasteiger partial charge in [0.2, 0.25) is 0 Å². The molecule has 1 saturated heterocycles. The highest BCUT2D eigenvalue weighted by Crippen LogP contribution is 2.36. The quantitative estimate of drug-likeness (QED) is 0.909. The number of amides is 1. The van der Waals surface area contributed by atoms with Crippen molar-refractivity contribution in [3.05, 3.63) is 34.9 Å². The number of nitrogens with zero attached hydrogens (tertiary/aromatic N) is 1. The first-order chi connectivity index (χ1) is 10.6. The summed E-state index contributed by atoms with van der Waals surface area (Å²) in [5.41, 5.74) is 1.53. The summed E-state index contributed by atoms with van der Waals surface area (Å²) in [6, 6.07) is 5.29. The van der Waals surface area contributed by atoms with Crippen molar-refractivity contribution in [3.63, 3.8) is 0 Å². The Kier molecular flexibility index (Phi) is 4.19. The standard InChI is InChI=1S/C18H23NO3/c1-12-9-14(11-15(10-12)18(21)22)17(20)19-8-4-6-13-5-2-3-7-16(13)19/h9-11,13,16H,2-8H2,1H3,(H,21,22)/t13-,16-/m1/s1. The van der Waals surface area contributed by atoms with Crippen molar-refractivity contribution in [1.29, 1.82) is 0 Å². The second-order valence-corrected chi connectivity index (χ2v) is 6.65. The predicted octanol–water partition coefficient (Wildman–Crippen LogP) is 3.49. The SMILES string of the molecule is Cc1cc(C(=O)O)cc(C(=O)N2CCC[C@H]3CCCC[C@H]32)c1. The Bertz CT molecular complexity index is 594. The number of aromatic carboxylic acids is 1. The maximum Gasteiger partial charge on any atom is 0.335 e. The smallest absolute Gasteiger partial charge is 0.335 e.